The molecule has 7 heteroatoms. The number of nitrogens with zero attached hydrogens (tertiary/aromatic N) is 2. The van der Waals surface area contributed by atoms with E-state index in [2.05, 4.69) is 6.07 Å². The molecule has 148 valence electrons. The van der Waals surface area contributed by atoms with Crippen molar-refractivity contribution in [2.45, 2.75) is 37.0 Å². The van der Waals surface area contributed by atoms with Crippen molar-refractivity contribution < 1.29 is 14.6 Å². The van der Waals surface area contributed by atoms with Crippen LogP contribution >= 0.6 is 11.6 Å². The molecule has 2 unspecified atom stereocenters. The van der Waals surface area contributed by atoms with Crippen LogP contribution in [0.1, 0.15) is 30.4 Å². The summed E-state index contributed by atoms with van der Waals surface area (Å²) in [5, 5.41) is 19.9. The Kier molecular flexibility index (Phi) is 4.19. The number of aliphatic hydroxyl groups excluding tert-OH is 1. The van der Waals surface area contributed by atoms with E-state index in [4.69, 9.17) is 31.8 Å². The Morgan fingerprint density at radius 2 is 2.07 bits per heavy atom. The summed E-state index contributed by atoms with van der Waals surface area (Å²) < 4.78 is 11.9. The van der Waals surface area contributed by atoms with E-state index in [0.29, 0.717) is 30.0 Å². The van der Waals surface area contributed by atoms with Crippen LogP contribution in [0.3, 0.4) is 0 Å². The molecule has 2 aromatic carbocycles. The molecule has 0 saturated heterocycles. The first-order valence-electron chi connectivity index (χ1n) is 9.67. The van der Waals surface area contributed by atoms with Gasteiger partial charge in [-0.15, -0.1) is 0 Å². The van der Waals surface area contributed by atoms with Crippen molar-refractivity contribution in [3.63, 3.8) is 0 Å². The minimum absolute atomic E-state index is 0.0729. The Hall–Kier alpha value is -2.75. The number of ether oxygens (including phenoxy) is 2. The summed E-state index contributed by atoms with van der Waals surface area (Å²) in [5.41, 5.74) is 8.50. The lowest BCUT2D eigenvalue weighted by atomic mass is 9.67. The maximum Gasteiger partial charge on any atom is 0.283 e. The number of benzene rings is 2. The summed E-state index contributed by atoms with van der Waals surface area (Å²) >= 11 is 6.21. The number of nitriles is 1. The van der Waals surface area contributed by atoms with Crippen LogP contribution < -0.4 is 10.5 Å². The number of hydrogen-bond donors (Lipinski definition) is 2. The monoisotopic (exact) mass is 409 g/mol. The van der Waals surface area contributed by atoms with Gasteiger partial charge in [-0.25, -0.2) is 4.99 Å². The minimum Gasteiger partial charge on any atom is -0.490 e. The quantitative estimate of drug-likeness (QED) is 0.752. The molecule has 3 N–H and O–H groups in total. The third kappa shape index (κ3) is 2.93. The zero-order chi connectivity index (χ0) is 20.2. The summed E-state index contributed by atoms with van der Waals surface area (Å²) in [5.74, 6) is 0.803. The second-order valence-electron chi connectivity index (χ2n) is 7.94. The molecule has 1 fully saturated rings. The second kappa shape index (κ2) is 6.65. The van der Waals surface area contributed by atoms with Gasteiger partial charge in [-0.2, -0.15) is 5.26 Å². The fourth-order valence-electron chi connectivity index (χ4n) is 4.89. The molecular formula is C22H20ClN3O3. The highest BCUT2D eigenvalue weighted by Gasteiger charge is 2.55. The van der Waals surface area contributed by atoms with Crippen LogP contribution in [-0.2, 0) is 10.3 Å². The molecular weight excluding hydrogens is 390 g/mol. The number of nitrogens with two attached hydrogens (primary N) is 1. The van der Waals surface area contributed by atoms with Gasteiger partial charge in [0.05, 0.1) is 17.7 Å². The average Bonchev–Trinajstić information content (AvgIpc) is 3.09. The Bertz CT molecular complexity index is 1060. The van der Waals surface area contributed by atoms with Crippen molar-refractivity contribution >= 4 is 17.6 Å². The zero-order valence-corrected chi connectivity index (χ0v) is 16.4. The average molecular weight is 410 g/mol. The molecule has 2 aliphatic heterocycles. The third-order valence-electron chi connectivity index (χ3n) is 6.21. The Labute approximate surface area is 173 Å². The number of aliphatic imine (C=N–C) groups is 1. The molecule has 6 nitrogen and oxygen atoms in total. The Balaban J connectivity index is 1.66. The minimum atomic E-state index is -0.630. The first-order valence-corrected chi connectivity index (χ1v) is 10.0. The highest BCUT2D eigenvalue weighted by Crippen LogP contribution is 2.53. The van der Waals surface area contributed by atoms with Gasteiger partial charge in [-0.1, -0.05) is 17.7 Å². The lowest BCUT2D eigenvalue weighted by molar-refractivity contribution is -0.0360. The molecule has 0 radical (unpaired) electrons. The molecule has 5 rings (SSSR count). The fraction of sp³-hybridized carbons (Fsp3) is 0.364. The summed E-state index contributed by atoms with van der Waals surface area (Å²) in [6.45, 7) is 0.356. The van der Waals surface area contributed by atoms with E-state index in [9.17, 15) is 10.4 Å². The first kappa shape index (κ1) is 18.3. The van der Waals surface area contributed by atoms with E-state index in [-0.39, 0.29) is 24.1 Å². The van der Waals surface area contributed by atoms with Crippen LogP contribution in [0.2, 0.25) is 5.02 Å². The van der Waals surface area contributed by atoms with Crippen LogP contribution in [0.4, 0.5) is 0 Å². The lowest BCUT2D eigenvalue weighted by Crippen LogP contribution is -2.51. The zero-order valence-electron chi connectivity index (χ0n) is 15.6. The summed E-state index contributed by atoms with van der Waals surface area (Å²) in [4.78, 5) is 4.75. The fourth-order valence-corrected chi connectivity index (χ4v) is 5.13. The van der Waals surface area contributed by atoms with E-state index >= 15 is 0 Å². The normalized spacial score (nSPS) is 29.8. The Morgan fingerprint density at radius 3 is 2.83 bits per heavy atom. The smallest absolute Gasteiger partial charge is 0.283 e. The molecule has 0 amide bonds. The lowest BCUT2D eigenvalue weighted by Gasteiger charge is -2.47. The van der Waals surface area contributed by atoms with Crippen molar-refractivity contribution in [3.05, 3.63) is 52.5 Å². The maximum absolute atomic E-state index is 10.1. The van der Waals surface area contributed by atoms with Crippen molar-refractivity contribution in [3.8, 4) is 22.9 Å². The van der Waals surface area contributed by atoms with Gasteiger partial charge in [-0.3, -0.25) is 0 Å². The number of hydrogen-bond acceptors (Lipinski definition) is 6. The number of rotatable bonds is 1. The molecule has 3 aliphatic rings. The molecule has 0 aromatic heterocycles. The third-order valence-corrected chi connectivity index (χ3v) is 6.43. The van der Waals surface area contributed by atoms with Crippen LogP contribution in [0.25, 0.3) is 11.1 Å². The van der Waals surface area contributed by atoms with E-state index in [0.717, 1.165) is 28.9 Å². The summed E-state index contributed by atoms with van der Waals surface area (Å²) in [7, 11) is 0. The van der Waals surface area contributed by atoms with Crippen LogP contribution in [0, 0.1) is 17.2 Å². The van der Waals surface area contributed by atoms with Gasteiger partial charge in [0, 0.05) is 22.9 Å². The van der Waals surface area contributed by atoms with Gasteiger partial charge in [0.25, 0.3) is 6.02 Å². The molecule has 4 atom stereocenters. The topological polar surface area (TPSA) is 101 Å². The largest absolute Gasteiger partial charge is 0.490 e. The van der Waals surface area contributed by atoms with Gasteiger partial charge < -0.3 is 20.3 Å². The second-order valence-corrected chi connectivity index (χ2v) is 8.38. The molecule has 2 heterocycles. The summed E-state index contributed by atoms with van der Waals surface area (Å²) in [6.07, 6.45) is 1.56. The first-order chi connectivity index (χ1) is 14.0. The SMILES string of the molecule is N#Cc1cc(Cl)cc(-c2ccc3c(c2)C2(COC(N)=N2)[C@H]2CC[C@H](O)CC2O3)c1. The maximum atomic E-state index is 10.1. The van der Waals surface area contributed by atoms with Gasteiger partial charge in [0.2, 0.25) is 0 Å². The molecule has 1 aliphatic carbocycles. The predicted octanol–water partition coefficient (Wildman–Crippen LogP) is 3.34. The van der Waals surface area contributed by atoms with Crippen LogP contribution in [0.5, 0.6) is 5.75 Å². The van der Waals surface area contributed by atoms with Crippen LogP contribution in [0.15, 0.2) is 41.4 Å². The van der Waals surface area contributed by atoms with E-state index in [1.165, 1.54) is 0 Å². The number of fused-ring (bicyclic) bond motifs is 4. The van der Waals surface area contributed by atoms with E-state index in [1.54, 1.807) is 6.07 Å². The molecule has 0 bridgehead atoms. The molecule has 1 saturated carbocycles. The van der Waals surface area contributed by atoms with Crippen molar-refractivity contribution in [1.29, 1.82) is 5.26 Å². The predicted molar refractivity (Wildman–Crippen MR) is 109 cm³/mol. The van der Waals surface area contributed by atoms with E-state index < -0.39 is 5.54 Å². The highest BCUT2D eigenvalue weighted by atomic mass is 35.5. The van der Waals surface area contributed by atoms with Gasteiger partial charge in [0.15, 0.2) is 0 Å². The van der Waals surface area contributed by atoms with Gasteiger partial charge >= 0.3 is 0 Å². The van der Waals surface area contributed by atoms with Crippen molar-refractivity contribution in [2.75, 3.05) is 6.61 Å². The number of amidine groups is 1. The Morgan fingerprint density at radius 1 is 1.21 bits per heavy atom. The molecule has 29 heavy (non-hydrogen) atoms. The standard InChI is InChI=1S/C22H20ClN3O3/c23-15-6-12(10-24)5-14(7-15)13-1-4-19-18(8-13)22(11-28-21(25)26-22)17-3-2-16(27)9-20(17)29-19/h1,4-8,16-17,20,27H,2-3,9,11H2,(H2,25,26)/t16-,17-,20?,22?/m0/s1. The van der Waals surface area contributed by atoms with Crippen molar-refractivity contribution in [2.24, 2.45) is 16.6 Å². The molecule has 1 spiro atoms. The van der Waals surface area contributed by atoms with Crippen LogP contribution in [-0.4, -0.2) is 29.9 Å². The summed E-state index contributed by atoms with van der Waals surface area (Å²) in [6, 6.07) is 13.5. The highest BCUT2D eigenvalue weighted by molar-refractivity contribution is 6.31. The van der Waals surface area contributed by atoms with Gasteiger partial charge in [-0.05, 0) is 54.3 Å². The van der Waals surface area contributed by atoms with Crippen molar-refractivity contribution in [1.82, 2.24) is 0 Å². The van der Waals surface area contributed by atoms with E-state index in [1.807, 2.05) is 30.3 Å². The number of halogens is 1. The molecule has 2 aromatic rings. The number of aliphatic hydroxyl groups is 1. The van der Waals surface area contributed by atoms with Gasteiger partial charge in [0.1, 0.15) is 24.0 Å².